The largest absolute Gasteiger partial charge is 0.463 e. The molecule has 6 heteroatoms. The van der Waals surface area contributed by atoms with Gasteiger partial charge in [-0.3, -0.25) is 4.90 Å². The summed E-state index contributed by atoms with van der Waals surface area (Å²) >= 11 is 0. The maximum Gasteiger partial charge on any atom is 0.373 e. The van der Waals surface area contributed by atoms with Crippen molar-refractivity contribution in [3.8, 4) is 0 Å². The van der Waals surface area contributed by atoms with E-state index in [0.29, 0.717) is 25.3 Å². The van der Waals surface area contributed by atoms with Gasteiger partial charge in [0, 0.05) is 18.4 Å². The van der Waals surface area contributed by atoms with Crippen molar-refractivity contribution in [2.45, 2.75) is 25.3 Å². The van der Waals surface area contributed by atoms with E-state index in [1.165, 1.54) is 7.11 Å². The Morgan fingerprint density at radius 1 is 1.50 bits per heavy atom. The van der Waals surface area contributed by atoms with Crippen LogP contribution in [-0.2, 0) is 4.74 Å². The van der Waals surface area contributed by atoms with Gasteiger partial charge in [0.15, 0.2) is 0 Å². The average molecular weight is 285 g/mol. The lowest BCUT2D eigenvalue weighted by atomic mass is 10.1. The summed E-state index contributed by atoms with van der Waals surface area (Å²) in [5, 5.41) is 0. The molecular weight excluding hydrogens is 268 g/mol. The number of esters is 1. The van der Waals surface area contributed by atoms with Gasteiger partial charge in [0.1, 0.15) is 5.76 Å². The number of likely N-dealkylation sites (tertiary alicyclic amines) is 1. The van der Waals surface area contributed by atoms with Gasteiger partial charge >= 0.3 is 5.97 Å². The van der Waals surface area contributed by atoms with Crippen molar-refractivity contribution < 1.29 is 22.7 Å². The number of fused-ring (bicyclic) bond motifs is 1. The lowest BCUT2D eigenvalue weighted by Gasteiger charge is -2.30. The summed E-state index contributed by atoms with van der Waals surface area (Å²) in [5.41, 5.74) is 0. The van der Waals surface area contributed by atoms with Crippen LogP contribution in [0.2, 0.25) is 0 Å². The standard InChI is InChI=1S/C14H17F2NO3/c1-8(11-3-4-12(20-11)13(18)19-2)17-6-5-9-10(7-17)14(9,15)16/h3-4,8-10H,5-7H2,1-2H3/t8-,9-,10+/m0/s1. The van der Waals surface area contributed by atoms with Gasteiger partial charge in [0.2, 0.25) is 5.76 Å². The highest BCUT2D eigenvalue weighted by molar-refractivity contribution is 5.86. The predicted octanol–water partition coefficient (Wildman–Crippen LogP) is 2.71. The van der Waals surface area contributed by atoms with Crippen LogP contribution >= 0.6 is 0 Å². The molecule has 0 radical (unpaired) electrons. The molecule has 1 saturated heterocycles. The number of methoxy groups -OCH3 is 1. The minimum atomic E-state index is -2.49. The first-order valence-electron chi connectivity index (χ1n) is 6.75. The molecule has 0 unspecified atom stereocenters. The Kier molecular flexibility index (Phi) is 3.08. The molecule has 0 bridgehead atoms. The highest BCUT2D eigenvalue weighted by Crippen LogP contribution is 2.59. The number of carbonyl (C=O) groups is 1. The third-order valence-corrected chi connectivity index (χ3v) is 4.50. The predicted molar refractivity (Wildman–Crippen MR) is 66.6 cm³/mol. The molecule has 2 aliphatic rings. The number of nitrogens with zero attached hydrogens (tertiary/aromatic N) is 1. The van der Waals surface area contributed by atoms with E-state index in [0.717, 1.165) is 0 Å². The number of rotatable bonds is 3. The van der Waals surface area contributed by atoms with Crippen molar-refractivity contribution in [1.82, 2.24) is 4.90 Å². The number of carbonyl (C=O) groups excluding carboxylic acids is 1. The highest BCUT2D eigenvalue weighted by Gasteiger charge is 2.69. The molecule has 3 rings (SSSR count). The van der Waals surface area contributed by atoms with Crippen LogP contribution < -0.4 is 0 Å². The number of hydrogen-bond donors (Lipinski definition) is 0. The molecule has 1 aromatic rings. The van der Waals surface area contributed by atoms with Crippen molar-refractivity contribution in [2.24, 2.45) is 11.8 Å². The summed E-state index contributed by atoms with van der Waals surface area (Å²) in [7, 11) is 1.29. The molecule has 0 amide bonds. The first-order valence-corrected chi connectivity index (χ1v) is 6.75. The SMILES string of the molecule is COC(=O)c1ccc([C@H](C)N2CC[C@H]3[C@@H](C2)C3(F)F)o1. The quantitative estimate of drug-likeness (QED) is 0.801. The molecule has 110 valence electrons. The van der Waals surface area contributed by atoms with Gasteiger partial charge in [-0.15, -0.1) is 0 Å². The van der Waals surface area contributed by atoms with Crippen molar-refractivity contribution in [3.05, 3.63) is 23.7 Å². The normalized spacial score (nSPS) is 29.6. The Labute approximate surface area is 115 Å². The van der Waals surface area contributed by atoms with Gasteiger partial charge in [-0.1, -0.05) is 0 Å². The zero-order valence-electron chi connectivity index (χ0n) is 11.4. The molecule has 4 nitrogen and oxygen atoms in total. The van der Waals surface area contributed by atoms with Gasteiger partial charge in [0.05, 0.1) is 13.2 Å². The first kappa shape index (κ1) is 13.5. The fourth-order valence-electron chi connectivity index (χ4n) is 3.07. The number of piperidine rings is 1. The summed E-state index contributed by atoms with van der Waals surface area (Å²) in [4.78, 5) is 13.3. The fourth-order valence-corrected chi connectivity index (χ4v) is 3.07. The van der Waals surface area contributed by atoms with Crippen LogP contribution in [0.5, 0.6) is 0 Å². The summed E-state index contributed by atoms with van der Waals surface area (Å²) in [5.74, 6) is -3.24. The van der Waals surface area contributed by atoms with E-state index in [1.807, 2.05) is 11.8 Å². The Balaban J connectivity index is 1.69. The van der Waals surface area contributed by atoms with Crippen LogP contribution in [0.1, 0.15) is 35.7 Å². The van der Waals surface area contributed by atoms with Crippen LogP contribution in [0.4, 0.5) is 8.78 Å². The van der Waals surface area contributed by atoms with E-state index < -0.39 is 23.7 Å². The smallest absolute Gasteiger partial charge is 0.373 e. The Morgan fingerprint density at radius 3 is 2.90 bits per heavy atom. The second kappa shape index (κ2) is 4.55. The van der Waals surface area contributed by atoms with E-state index in [1.54, 1.807) is 12.1 Å². The van der Waals surface area contributed by atoms with E-state index in [4.69, 9.17) is 4.42 Å². The van der Waals surface area contributed by atoms with Gasteiger partial charge in [-0.2, -0.15) is 0 Å². The van der Waals surface area contributed by atoms with Crippen molar-refractivity contribution >= 4 is 5.97 Å². The van der Waals surface area contributed by atoms with Gasteiger partial charge in [-0.25, -0.2) is 13.6 Å². The molecule has 2 fully saturated rings. The van der Waals surface area contributed by atoms with E-state index >= 15 is 0 Å². The van der Waals surface area contributed by atoms with Gasteiger partial charge in [-0.05, 0) is 32.0 Å². The zero-order valence-corrected chi connectivity index (χ0v) is 11.4. The van der Waals surface area contributed by atoms with E-state index in [-0.39, 0.29) is 11.8 Å². The van der Waals surface area contributed by atoms with Crippen molar-refractivity contribution in [2.75, 3.05) is 20.2 Å². The maximum atomic E-state index is 13.4. The molecular formula is C14H17F2NO3. The number of alkyl halides is 2. The average Bonchev–Trinajstić information content (AvgIpc) is 2.84. The van der Waals surface area contributed by atoms with Crippen LogP contribution in [0.15, 0.2) is 16.5 Å². The third-order valence-electron chi connectivity index (χ3n) is 4.50. The molecule has 1 aliphatic heterocycles. The fraction of sp³-hybridized carbons (Fsp3) is 0.643. The lowest BCUT2D eigenvalue weighted by molar-refractivity contribution is 0.0557. The third kappa shape index (κ3) is 2.02. The van der Waals surface area contributed by atoms with Crippen LogP contribution in [0, 0.1) is 11.8 Å². The lowest BCUT2D eigenvalue weighted by Crippen LogP contribution is -2.33. The minimum Gasteiger partial charge on any atom is -0.463 e. The minimum absolute atomic E-state index is 0.120. The Morgan fingerprint density at radius 2 is 2.25 bits per heavy atom. The zero-order chi connectivity index (χ0) is 14.5. The van der Waals surface area contributed by atoms with Crippen LogP contribution in [0.25, 0.3) is 0 Å². The summed E-state index contributed by atoms with van der Waals surface area (Å²) in [6.45, 7) is 2.92. The molecule has 20 heavy (non-hydrogen) atoms. The number of furan rings is 1. The summed E-state index contributed by atoms with van der Waals surface area (Å²) in [6.07, 6.45) is 0.520. The molecule has 1 aliphatic carbocycles. The van der Waals surface area contributed by atoms with Gasteiger partial charge in [0.25, 0.3) is 5.92 Å². The van der Waals surface area contributed by atoms with Gasteiger partial charge < -0.3 is 9.15 Å². The van der Waals surface area contributed by atoms with Crippen molar-refractivity contribution in [1.29, 1.82) is 0 Å². The highest BCUT2D eigenvalue weighted by atomic mass is 19.3. The van der Waals surface area contributed by atoms with E-state index in [2.05, 4.69) is 4.74 Å². The molecule has 1 aromatic heterocycles. The molecule has 2 heterocycles. The second-order valence-electron chi connectivity index (χ2n) is 5.54. The molecule has 0 aromatic carbocycles. The second-order valence-corrected chi connectivity index (χ2v) is 5.54. The molecule has 0 spiro atoms. The molecule has 1 saturated carbocycles. The Bertz CT molecular complexity index is 528. The number of halogens is 2. The van der Waals surface area contributed by atoms with Crippen molar-refractivity contribution in [3.63, 3.8) is 0 Å². The number of ether oxygens (including phenoxy) is 1. The maximum absolute atomic E-state index is 13.4. The number of hydrogen-bond acceptors (Lipinski definition) is 4. The topological polar surface area (TPSA) is 42.7 Å². The molecule has 0 N–H and O–H groups in total. The van der Waals surface area contributed by atoms with Crippen LogP contribution in [-0.4, -0.2) is 37.0 Å². The van der Waals surface area contributed by atoms with Crippen LogP contribution in [0.3, 0.4) is 0 Å². The summed E-state index contributed by atoms with van der Waals surface area (Å²) < 4.78 is 36.8. The monoisotopic (exact) mass is 285 g/mol. The molecule has 3 atom stereocenters. The first-order chi connectivity index (χ1) is 9.45. The van der Waals surface area contributed by atoms with E-state index in [9.17, 15) is 13.6 Å². The Hall–Kier alpha value is -1.43. The summed E-state index contributed by atoms with van der Waals surface area (Å²) in [6, 6.07) is 3.13.